The highest BCUT2D eigenvalue weighted by Gasteiger charge is 2.44. The lowest BCUT2D eigenvalue weighted by molar-refractivity contribution is -0.0505. The van der Waals surface area contributed by atoms with Gasteiger partial charge in [0.25, 0.3) is 0 Å². The lowest BCUT2D eigenvalue weighted by atomic mass is 9.87. The molecule has 1 aliphatic heterocycles. The Morgan fingerprint density at radius 3 is 2.41 bits per heavy atom. The molecule has 1 fully saturated rings. The van der Waals surface area contributed by atoms with Gasteiger partial charge in [-0.2, -0.15) is 0 Å². The van der Waals surface area contributed by atoms with Gasteiger partial charge in [-0.15, -0.1) is 0 Å². The van der Waals surface area contributed by atoms with Crippen LogP contribution in [0.3, 0.4) is 0 Å². The molecule has 1 aliphatic rings. The molecule has 0 spiro atoms. The molecule has 0 aliphatic carbocycles. The van der Waals surface area contributed by atoms with Crippen LogP contribution in [0, 0.1) is 5.82 Å². The maximum absolute atomic E-state index is 15.0. The van der Waals surface area contributed by atoms with Gasteiger partial charge in [-0.25, -0.2) is 9.37 Å². The van der Waals surface area contributed by atoms with Gasteiger partial charge < -0.3 is 9.16 Å². The molecule has 1 aromatic heterocycles. The van der Waals surface area contributed by atoms with E-state index in [4.69, 9.17) is 20.8 Å². The Balaban J connectivity index is 2.53. The van der Waals surface area contributed by atoms with E-state index in [2.05, 4.69) is 45.4 Å². The van der Waals surface area contributed by atoms with Crippen LogP contribution in [0.5, 0.6) is 0 Å². The third-order valence-electron chi connectivity index (χ3n) is 5.95. The van der Waals surface area contributed by atoms with Crippen molar-refractivity contribution < 1.29 is 13.6 Å². The van der Waals surface area contributed by atoms with Crippen molar-refractivity contribution in [2.75, 3.05) is 6.61 Å². The summed E-state index contributed by atoms with van der Waals surface area (Å²) in [6.45, 7) is 19.2. The quantitative estimate of drug-likeness (QED) is 0.305. The summed E-state index contributed by atoms with van der Waals surface area (Å²) in [4.78, 5) is 4.31. The molecule has 6 heteroatoms. The third-order valence-corrected chi connectivity index (χ3v) is 10.8. The fraction of sp³-hybridized carbons (Fsp3) is 0.667. The molecule has 2 rings (SSSR count). The molecule has 3 nitrogen and oxygen atoms in total. The molecule has 0 aromatic carbocycles. The summed E-state index contributed by atoms with van der Waals surface area (Å²) in [5.74, 6) is -0.529. The first-order valence-corrected chi connectivity index (χ1v) is 12.9. The van der Waals surface area contributed by atoms with E-state index >= 15 is 4.39 Å². The Morgan fingerprint density at radius 2 is 1.93 bits per heavy atom. The van der Waals surface area contributed by atoms with Gasteiger partial charge in [-0.1, -0.05) is 45.0 Å². The number of halogens is 2. The van der Waals surface area contributed by atoms with Crippen LogP contribution in [0.25, 0.3) is 0 Å². The highest BCUT2D eigenvalue weighted by Crippen LogP contribution is 2.44. The van der Waals surface area contributed by atoms with Crippen LogP contribution in [-0.4, -0.2) is 19.9 Å². The Bertz CT molecular complexity index is 707. The van der Waals surface area contributed by atoms with E-state index < -0.39 is 25.3 Å². The van der Waals surface area contributed by atoms with E-state index in [0.717, 1.165) is 19.3 Å². The molecule has 2 heterocycles. The normalized spacial score (nSPS) is 22.0. The van der Waals surface area contributed by atoms with Gasteiger partial charge in [0.15, 0.2) is 19.3 Å². The lowest BCUT2D eigenvalue weighted by Gasteiger charge is -2.43. The molecule has 0 radical (unpaired) electrons. The van der Waals surface area contributed by atoms with Crippen LogP contribution >= 0.6 is 11.6 Å². The zero-order valence-corrected chi connectivity index (χ0v) is 19.5. The monoisotopic (exact) mass is 413 g/mol. The summed E-state index contributed by atoms with van der Waals surface area (Å²) in [7, 11) is -2.13. The molecule has 1 aromatic rings. The number of hydrogen-bond acceptors (Lipinski definition) is 3. The van der Waals surface area contributed by atoms with Gasteiger partial charge in [0.2, 0.25) is 0 Å². The predicted molar refractivity (Wildman–Crippen MR) is 112 cm³/mol. The minimum atomic E-state index is -2.13. The summed E-state index contributed by atoms with van der Waals surface area (Å²) >= 11 is 6.20. The molecule has 1 unspecified atom stereocenters. The topological polar surface area (TPSA) is 31.4 Å². The number of hydrogen-bond donors (Lipinski definition) is 0. The lowest BCUT2D eigenvalue weighted by Crippen LogP contribution is -2.46. The second-order valence-corrected chi connectivity index (χ2v) is 14.5. The summed E-state index contributed by atoms with van der Waals surface area (Å²) in [6.07, 6.45) is 4.52. The minimum absolute atomic E-state index is 0.00915. The minimum Gasteiger partial charge on any atom is -0.408 e. The van der Waals surface area contributed by atoms with Gasteiger partial charge in [0.1, 0.15) is 5.60 Å². The van der Waals surface area contributed by atoms with Gasteiger partial charge in [-0.05, 0) is 57.3 Å². The predicted octanol–water partition coefficient (Wildman–Crippen LogP) is 6.71. The van der Waals surface area contributed by atoms with Crippen LogP contribution in [-0.2, 0) is 20.4 Å². The average molecular weight is 414 g/mol. The van der Waals surface area contributed by atoms with E-state index in [9.17, 15) is 0 Å². The smallest absolute Gasteiger partial charge is 0.193 e. The number of pyridine rings is 1. The second-order valence-electron chi connectivity index (χ2n) is 9.43. The summed E-state index contributed by atoms with van der Waals surface area (Å²) in [6, 6.07) is 1.75. The molecule has 0 N–H and O–H groups in total. The van der Waals surface area contributed by atoms with Crippen LogP contribution in [0.15, 0.2) is 18.7 Å². The fourth-order valence-corrected chi connectivity index (χ4v) is 5.17. The Labute approximate surface area is 169 Å². The summed E-state index contributed by atoms with van der Waals surface area (Å²) < 4.78 is 27.6. The summed E-state index contributed by atoms with van der Waals surface area (Å²) in [5.41, 5.74) is -0.550. The number of nitrogens with zero attached hydrogens (tertiary/aromatic N) is 1. The molecule has 27 heavy (non-hydrogen) atoms. The largest absolute Gasteiger partial charge is 0.408 e. The highest BCUT2D eigenvalue weighted by molar-refractivity contribution is 6.74. The number of rotatable bonds is 5. The molecule has 0 amide bonds. The SMILES string of the molecule is C=CC1(c2cc(C(C)(C)O[Si](C)(C)C(C)(C)C)c(F)c(Cl)n2)CCCCO1. The van der Waals surface area contributed by atoms with Crippen molar-refractivity contribution in [3.8, 4) is 0 Å². The van der Waals surface area contributed by atoms with Crippen molar-refractivity contribution in [3.63, 3.8) is 0 Å². The van der Waals surface area contributed by atoms with Crippen LogP contribution in [0.1, 0.15) is 65.1 Å². The summed E-state index contributed by atoms with van der Waals surface area (Å²) in [5, 5.41) is -0.139. The van der Waals surface area contributed by atoms with Crippen molar-refractivity contribution in [2.24, 2.45) is 0 Å². The second kappa shape index (κ2) is 7.58. The van der Waals surface area contributed by atoms with Crippen LogP contribution in [0.4, 0.5) is 4.39 Å². The molecule has 0 bridgehead atoms. The van der Waals surface area contributed by atoms with E-state index in [1.54, 1.807) is 12.1 Å². The van der Waals surface area contributed by atoms with Gasteiger partial charge in [0.05, 0.1) is 11.3 Å². The average Bonchev–Trinajstić information content (AvgIpc) is 2.55. The van der Waals surface area contributed by atoms with Crippen molar-refractivity contribution >= 4 is 19.9 Å². The van der Waals surface area contributed by atoms with E-state index in [1.165, 1.54) is 0 Å². The van der Waals surface area contributed by atoms with Gasteiger partial charge in [0, 0.05) is 12.2 Å². The standard InChI is InChI=1S/C21H33ClFNO2Si/c1-9-21(12-10-11-13-25-21)16-14-15(17(23)18(22)24-16)20(5,6)26-27(7,8)19(2,3)4/h9,14H,1,10-13H2,2-8H3. The third kappa shape index (κ3) is 4.47. The molecule has 152 valence electrons. The molecule has 1 saturated heterocycles. The van der Waals surface area contributed by atoms with E-state index in [1.807, 2.05) is 13.8 Å². The van der Waals surface area contributed by atoms with E-state index in [-0.39, 0.29) is 10.2 Å². The zero-order chi connectivity index (χ0) is 20.7. The van der Waals surface area contributed by atoms with Crippen molar-refractivity contribution in [2.45, 2.75) is 83.2 Å². The Morgan fingerprint density at radius 1 is 1.30 bits per heavy atom. The fourth-order valence-electron chi connectivity index (χ4n) is 3.28. The molecule has 0 saturated carbocycles. The first kappa shape index (κ1) is 22.5. The van der Waals surface area contributed by atoms with Gasteiger partial charge in [-0.3, -0.25) is 0 Å². The highest BCUT2D eigenvalue weighted by atomic mass is 35.5. The zero-order valence-electron chi connectivity index (χ0n) is 17.7. The molecular formula is C21H33ClFNO2Si. The van der Waals surface area contributed by atoms with E-state index in [0.29, 0.717) is 17.9 Å². The first-order valence-electron chi connectivity index (χ1n) is 9.60. The first-order chi connectivity index (χ1) is 12.3. The Kier molecular flexibility index (Phi) is 6.33. The van der Waals surface area contributed by atoms with Crippen LogP contribution < -0.4 is 0 Å². The maximum Gasteiger partial charge on any atom is 0.193 e. The van der Waals surface area contributed by atoms with Crippen molar-refractivity contribution in [1.29, 1.82) is 0 Å². The Hall–Kier alpha value is -0.753. The van der Waals surface area contributed by atoms with Gasteiger partial charge >= 0.3 is 0 Å². The van der Waals surface area contributed by atoms with Crippen molar-refractivity contribution in [3.05, 3.63) is 40.9 Å². The maximum atomic E-state index is 15.0. The van der Waals surface area contributed by atoms with Crippen LogP contribution in [0.2, 0.25) is 23.3 Å². The molecular weight excluding hydrogens is 381 g/mol. The molecule has 1 atom stereocenters. The number of ether oxygens (including phenoxy) is 1. The van der Waals surface area contributed by atoms with Crippen molar-refractivity contribution in [1.82, 2.24) is 4.98 Å². The number of aromatic nitrogens is 1.